The summed E-state index contributed by atoms with van der Waals surface area (Å²) in [5.41, 5.74) is 0. The van der Waals surface area contributed by atoms with E-state index in [1.807, 2.05) is 0 Å². The highest BCUT2D eigenvalue weighted by atomic mass is 16.5. The highest BCUT2D eigenvalue weighted by molar-refractivity contribution is 5.97. The predicted octanol–water partition coefficient (Wildman–Crippen LogP) is -0.242. The van der Waals surface area contributed by atoms with Crippen LogP contribution in [0.25, 0.3) is 0 Å². The molecule has 0 amide bonds. The normalized spacial score (nSPS) is 24.0. The van der Waals surface area contributed by atoms with Gasteiger partial charge in [0.1, 0.15) is 0 Å². The summed E-state index contributed by atoms with van der Waals surface area (Å²) in [5.74, 6) is -2.98. The minimum absolute atomic E-state index is 0.720. The van der Waals surface area contributed by atoms with Crippen molar-refractivity contribution in [3.05, 3.63) is 12.3 Å². The third kappa shape index (κ3) is 0.910. The Kier molecular flexibility index (Phi) is 1.22. The molecule has 4 heteroatoms. The number of carboxylic acid groups (broad SMARTS) is 1. The van der Waals surface area contributed by atoms with Gasteiger partial charge in [-0.2, -0.15) is 0 Å². The van der Waals surface area contributed by atoms with Crippen LogP contribution in [0.1, 0.15) is 0 Å². The molecule has 1 rings (SSSR count). The van der Waals surface area contributed by atoms with E-state index in [4.69, 9.17) is 5.11 Å². The summed E-state index contributed by atoms with van der Waals surface area (Å²) in [6, 6.07) is 0. The van der Waals surface area contributed by atoms with E-state index in [1.165, 1.54) is 6.08 Å². The van der Waals surface area contributed by atoms with Gasteiger partial charge in [-0.3, -0.25) is 9.59 Å². The molecule has 0 aromatic carbocycles. The van der Waals surface area contributed by atoms with Crippen LogP contribution >= 0.6 is 0 Å². The summed E-state index contributed by atoms with van der Waals surface area (Å²) in [7, 11) is 0. The van der Waals surface area contributed by atoms with E-state index >= 15 is 0 Å². The first-order valence-corrected chi connectivity index (χ1v) is 2.32. The fourth-order valence-corrected chi connectivity index (χ4v) is 0.520. The molecule has 9 heavy (non-hydrogen) atoms. The van der Waals surface area contributed by atoms with E-state index in [9.17, 15) is 9.59 Å². The van der Waals surface area contributed by atoms with Gasteiger partial charge in [-0.15, -0.1) is 0 Å². The van der Waals surface area contributed by atoms with Crippen molar-refractivity contribution in [1.82, 2.24) is 0 Å². The summed E-state index contributed by atoms with van der Waals surface area (Å²) >= 11 is 0. The van der Waals surface area contributed by atoms with Crippen molar-refractivity contribution >= 4 is 11.9 Å². The zero-order valence-corrected chi connectivity index (χ0v) is 4.40. The Hall–Kier alpha value is -1.32. The molecule has 1 aliphatic rings. The maximum atomic E-state index is 10.4. The van der Waals surface area contributed by atoms with Gasteiger partial charge in [0.05, 0.1) is 6.26 Å². The molecule has 0 radical (unpaired) electrons. The highest BCUT2D eigenvalue weighted by Gasteiger charge is 2.28. The highest BCUT2D eigenvalue weighted by Crippen LogP contribution is 2.09. The Morgan fingerprint density at radius 1 is 1.78 bits per heavy atom. The van der Waals surface area contributed by atoms with E-state index in [0.717, 1.165) is 6.26 Å². The summed E-state index contributed by atoms with van der Waals surface area (Å²) in [6.07, 6.45) is 2.28. The topological polar surface area (TPSA) is 63.6 Å². The van der Waals surface area contributed by atoms with Crippen LogP contribution in [0.5, 0.6) is 0 Å². The van der Waals surface area contributed by atoms with Crippen molar-refractivity contribution in [1.29, 1.82) is 0 Å². The largest absolute Gasteiger partial charge is 0.480 e. The van der Waals surface area contributed by atoms with Crippen LogP contribution in [0.15, 0.2) is 12.3 Å². The first-order chi connectivity index (χ1) is 4.22. The van der Waals surface area contributed by atoms with Crippen LogP contribution in [0.2, 0.25) is 0 Å². The first kappa shape index (κ1) is 5.81. The minimum Gasteiger partial charge on any atom is -0.480 e. The third-order valence-electron chi connectivity index (χ3n) is 0.975. The minimum atomic E-state index is -1.17. The maximum absolute atomic E-state index is 10.4. The molecule has 1 heterocycles. The average molecular weight is 128 g/mol. The van der Waals surface area contributed by atoms with Crippen LogP contribution in [-0.2, 0) is 14.3 Å². The molecular formula is C5H4O4. The van der Waals surface area contributed by atoms with Gasteiger partial charge in [-0.25, -0.2) is 0 Å². The fraction of sp³-hybridized carbons (Fsp3) is 0.200. The molecule has 48 valence electrons. The molecule has 0 saturated heterocycles. The lowest BCUT2D eigenvalue weighted by molar-refractivity contribution is -0.150. The molecule has 0 aromatic heterocycles. The maximum Gasteiger partial charge on any atom is 0.329 e. The Labute approximate surface area is 50.7 Å². The van der Waals surface area contributed by atoms with Crippen molar-refractivity contribution < 1.29 is 19.4 Å². The number of cyclic esters (lactones) is 1. The van der Waals surface area contributed by atoms with Gasteiger partial charge >= 0.3 is 11.9 Å². The quantitative estimate of drug-likeness (QED) is 0.391. The number of carbonyl (C=O) groups is 2. The van der Waals surface area contributed by atoms with Crippen molar-refractivity contribution in [2.75, 3.05) is 0 Å². The molecule has 0 aromatic rings. The molecule has 0 saturated carbocycles. The second-order valence-corrected chi connectivity index (χ2v) is 1.58. The van der Waals surface area contributed by atoms with Crippen molar-refractivity contribution in [2.24, 2.45) is 5.92 Å². The smallest absolute Gasteiger partial charge is 0.329 e. The molecule has 1 aliphatic heterocycles. The number of carboxylic acids is 1. The molecule has 1 N–H and O–H groups in total. The van der Waals surface area contributed by atoms with Crippen LogP contribution in [0.3, 0.4) is 0 Å². The molecule has 0 aliphatic carbocycles. The third-order valence-corrected chi connectivity index (χ3v) is 0.975. The van der Waals surface area contributed by atoms with Crippen LogP contribution < -0.4 is 0 Å². The molecule has 0 spiro atoms. The van der Waals surface area contributed by atoms with Gasteiger partial charge in [-0.05, 0) is 6.08 Å². The predicted molar refractivity (Wildman–Crippen MR) is 26.4 cm³/mol. The van der Waals surface area contributed by atoms with Gasteiger partial charge in [0, 0.05) is 0 Å². The van der Waals surface area contributed by atoms with E-state index in [0.29, 0.717) is 0 Å². The Balaban J connectivity index is 2.71. The van der Waals surface area contributed by atoms with Gasteiger partial charge in [-0.1, -0.05) is 0 Å². The molecular weight excluding hydrogens is 124 g/mol. The number of hydrogen-bond donors (Lipinski definition) is 1. The lowest BCUT2D eigenvalue weighted by Gasteiger charge is -1.93. The summed E-state index contributed by atoms with van der Waals surface area (Å²) in [5, 5.41) is 8.23. The van der Waals surface area contributed by atoms with Crippen molar-refractivity contribution in [3.8, 4) is 0 Å². The summed E-state index contributed by atoms with van der Waals surface area (Å²) in [6.45, 7) is 0. The zero-order chi connectivity index (χ0) is 6.85. The Bertz CT molecular complexity index is 181. The van der Waals surface area contributed by atoms with Gasteiger partial charge < -0.3 is 9.84 Å². The number of esters is 1. The number of aliphatic carboxylic acids is 1. The van der Waals surface area contributed by atoms with Crippen LogP contribution in [-0.4, -0.2) is 17.0 Å². The van der Waals surface area contributed by atoms with Gasteiger partial charge in [0.25, 0.3) is 0 Å². The number of rotatable bonds is 1. The summed E-state index contributed by atoms with van der Waals surface area (Å²) in [4.78, 5) is 20.4. The molecule has 0 bridgehead atoms. The second-order valence-electron chi connectivity index (χ2n) is 1.58. The SMILES string of the molecule is O=C(O)C1C=COC1=O. The van der Waals surface area contributed by atoms with Crippen LogP contribution in [0.4, 0.5) is 0 Å². The van der Waals surface area contributed by atoms with E-state index in [1.54, 1.807) is 0 Å². The Morgan fingerprint density at radius 2 is 2.44 bits per heavy atom. The monoisotopic (exact) mass is 128 g/mol. The average Bonchev–Trinajstić information content (AvgIpc) is 2.13. The summed E-state index contributed by atoms with van der Waals surface area (Å²) < 4.78 is 4.23. The van der Waals surface area contributed by atoms with Gasteiger partial charge in [0.2, 0.25) is 0 Å². The fourth-order valence-electron chi connectivity index (χ4n) is 0.520. The van der Waals surface area contributed by atoms with Crippen molar-refractivity contribution in [3.63, 3.8) is 0 Å². The lowest BCUT2D eigenvalue weighted by atomic mass is 10.2. The van der Waals surface area contributed by atoms with Gasteiger partial charge in [0.15, 0.2) is 5.92 Å². The van der Waals surface area contributed by atoms with Crippen molar-refractivity contribution in [2.45, 2.75) is 0 Å². The Morgan fingerprint density at radius 3 is 2.67 bits per heavy atom. The molecule has 0 fully saturated rings. The lowest BCUT2D eigenvalue weighted by Crippen LogP contribution is -2.18. The van der Waals surface area contributed by atoms with E-state index in [2.05, 4.69) is 4.74 Å². The standard InChI is InChI=1S/C5H4O4/c6-4(7)3-1-2-9-5(3)8/h1-3H,(H,6,7). The molecule has 4 nitrogen and oxygen atoms in total. The first-order valence-electron chi connectivity index (χ1n) is 2.32. The van der Waals surface area contributed by atoms with E-state index in [-0.39, 0.29) is 0 Å². The number of carbonyl (C=O) groups excluding carboxylic acids is 1. The number of hydrogen-bond acceptors (Lipinski definition) is 3. The number of ether oxygens (including phenoxy) is 1. The molecule has 1 atom stereocenters. The van der Waals surface area contributed by atoms with E-state index < -0.39 is 17.9 Å². The van der Waals surface area contributed by atoms with Crippen LogP contribution in [0, 0.1) is 5.92 Å². The zero-order valence-electron chi connectivity index (χ0n) is 4.40. The second kappa shape index (κ2) is 1.89. The molecule has 1 unspecified atom stereocenters.